The highest BCUT2D eigenvalue weighted by Crippen LogP contribution is 2.29. The molecule has 0 spiro atoms. The van der Waals surface area contributed by atoms with Gasteiger partial charge < -0.3 is 5.11 Å². The lowest BCUT2D eigenvalue weighted by molar-refractivity contribution is 0.214. The molecule has 26 heavy (non-hydrogen) atoms. The van der Waals surface area contributed by atoms with E-state index < -0.39 is 6.10 Å². The predicted molar refractivity (Wildman–Crippen MR) is 102 cm³/mol. The first-order chi connectivity index (χ1) is 12.8. The van der Waals surface area contributed by atoms with Crippen LogP contribution in [0.2, 0.25) is 0 Å². The largest absolute Gasteiger partial charge is 0.382 e. The zero-order valence-corrected chi connectivity index (χ0v) is 14.2. The van der Waals surface area contributed by atoms with Crippen LogP contribution < -0.4 is 0 Å². The fourth-order valence-corrected chi connectivity index (χ4v) is 2.96. The number of hydrogen-bond acceptors (Lipinski definition) is 3. The van der Waals surface area contributed by atoms with Crippen molar-refractivity contribution in [1.82, 2.24) is 15.0 Å². The monoisotopic (exact) mass is 341 g/mol. The van der Waals surface area contributed by atoms with Crippen LogP contribution in [0.5, 0.6) is 0 Å². The minimum Gasteiger partial charge on any atom is -0.382 e. The lowest BCUT2D eigenvalue weighted by Gasteiger charge is -2.09. The Morgan fingerprint density at radius 1 is 0.731 bits per heavy atom. The molecule has 0 aliphatic carbocycles. The molecule has 0 saturated heterocycles. The molecule has 0 saturated carbocycles. The van der Waals surface area contributed by atoms with Gasteiger partial charge in [-0.3, -0.25) is 0 Å². The summed E-state index contributed by atoms with van der Waals surface area (Å²) >= 11 is 0. The molecule has 3 aromatic carbocycles. The van der Waals surface area contributed by atoms with E-state index in [1.165, 1.54) is 0 Å². The molecule has 4 aromatic rings. The summed E-state index contributed by atoms with van der Waals surface area (Å²) in [7, 11) is 0. The molecular weight excluding hydrogens is 322 g/mol. The van der Waals surface area contributed by atoms with Gasteiger partial charge in [-0.2, -0.15) is 15.0 Å². The normalized spacial score (nSPS) is 12.0. The molecule has 1 unspecified atom stereocenters. The summed E-state index contributed by atoms with van der Waals surface area (Å²) in [6, 6.07) is 29.5. The molecule has 4 heteroatoms. The molecule has 128 valence electrons. The molecule has 1 atom stereocenters. The topological polar surface area (TPSA) is 50.9 Å². The first-order valence-corrected chi connectivity index (χ1v) is 8.58. The van der Waals surface area contributed by atoms with Crippen molar-refractivity contribution >= 4 is 0 Å². The minimum absolute atomic E-state index is 0.558. The fraction of sp³-hybridized carbons (Fsp3) is 0.0909. The van der Waals surface area contributed by atoms with Gasteiger partial charge in [0.05, 0.1) is 6.54 Å². The molecule has 0 radical (unpaired) electrons. The van der Waals surface area contributed by atoms with Gasteiger partial charge in [-0.15, -0.1) is 0 Å². The maximum Gasteiger partial charge on any atom is 0.125 e. The Morgan fingerprint density at radius 2 is 1.31 bits per heavy atom. The van der Waals surface area contributed by atoms with Crippen LogP contribution >= 0.6 is 0 Å². The highest BCUT2D eigenvalue weighted by molar-refractivity contribution is 5.62. The highest BCUT2D eigenvalue weighted by Gasteiger charge is 2.21. The molecule has 0 bridgehead atoms. The maximum atomic E-state index is 10.9. The van der Waals surface area contributed by atoms with Crippen molar-refractivity contribution < 1.29 is 5.11 Å². The van der Waals surface area contributed by atoms with Crippen LogP contribution in [0.3, 0.4) is 0 Å². The van der Waals surface area contributed by atoms with E-state index in [1.54, 1.807) is 4.80 Å². The summed E-state index contributed by atoms with van der Waals surface area (Å²) < 4.78 is 0. The van der Waals surface area contributed by atoms with Gasteiger partial charge in [-0.05, 0) is 11.1 Å². The SMILES string of the molecule is OC(c1ccccc1)c1nn(Cc2ccccc2)nc1-c1ccccc1. The molecule has 1 N–H and O–H groups in total. The fourth-order valence-electron chi connectivity index (χ4n) is 2.96. The lowest BCUT2D eigenvalue weighted by Crippen LogP contribution is -2.06. The lowest BCUT2D eigenvalue weighted by atomic mass is 10.0. The number of nitrogens with zero attached hydrogens (tertiary/aromatic N) is 3. The third kappa shape index (κ3) is 3.41. The van der Waals surface area contributed by atoms with Crippen LogP contribution in [0.25, 0.3) is 11.3 Å². The van der Waals surface area contributed by atoms with Crippen molar-refractivity contribution in [2.45, 2.75) is 12.6 Å². The number of hydrogen-bond donors (Lipinski definition) is 1. The average molecular weight is 341 g/mol. The molecule has 0 fully saturated rings. The highest BCUT2D eigenvalue weighted by atomic mass is 16.3. The first kappa shape index (κ1) is 16.2. The van der Waals surface area contributed by atoms with Crippen LogP contribution in [-0.4, -0.2) is 20.1 Å². The van der Waals surface area contributed by atoms with Crippen molar-refractivity contribution in [3.63, 3.8) is 0 Å². The quantitative estimate of drug-likeness (QED) is 0.595. The van der Waals surface area contributed by atoms with Crippen molar-refractivity contribution in [2.24, 2.45) is 0 Å². The zero-order valence-electron chi connectivity index (χ0n) is 14.2. The van der Waals surface area contributed by atoms with Gasteiger partial charge in [0, 0.05) is 5.56 Å². The summed E-state index contributed by atoms with van der Waals surface area (Å²) in [5.41, 5.74) is 4.13. The van der Waals surface area contributed by atoms with E-state index in [0.717, 1.165) is 16.7 Å². The molecule has 4 nitrogen and oxygen atoms in total. The van der Waals surface area contributed by atoms with E-state index in [2.05, 4.69) is 10.2 Å². The number of benzene rings is 3. The van der Waals surface area contributed by atoms with Crippen molar-refractivity contribution in [3.05, 3.63) is 108 Å². The Kier molecular flexibility index (Phi) is 4.58. The van der Waals surface area contributed by atoms with E-state index >= 15 is 0 Å². The maximum absolute atomic E-state index is 10.9. The average Bonchev–Trinajstić information content (AvgIpc) is 3.13. The van der Waals surface area contributed by atoms with Crippen LogP contribution in [0.4, 0.5) is 0 Å². The van der Waals surface area contributed by atoms with Gasteiger partial charge in [0.2, 0.25) is 0 Å². The molecule has 4 rings (SSSR count). The predicted octanol–water partition coefficient (Wildman–Crippen LogP) is 4.08. The summed E-state index contributed by atoms with van der Waals surface area (Å²) in [5, 5.41) is 20.2. The Hall–Kier alpha value is -3.24. The van der Waals surface area contributed by atoms with E-state index in [0.29, 0.717) is 17.9 Å². The van der Waals surface area contributed by atoms with Crippen LogP contribution in [0.1, 0.15) is 22.9 Å². The minimum atomic E-state index is -0.823. The van der Waals surface area contributed by atoms with E-state index in [-0.39, 0.29) is 0 Å². The summed E-state index contributed by atoms with van der Waals surface area (Å²) in [6.45, 7) is 0.558. The molecule has 1 aromatic heterocycles. The number of aliphatic hydroxyl groups is 1. The molecule has 0 aliphatic heterocycles. The number of aliphatic hydroxyl groups excluding tert-OH is 1. The van der Waals surface area contributed by atoms with Gasteiger partial charge in [0.25, 0.3) is 0 Å². The zero-order chi connectivity index (χ0) is 17.8. The number of aromatic nitrogens is 3. The van der Waals surface area contributed by atoms with E-state index in [9.17, 15) is 5.11 Å². The van der Waals surface area contributed by atoms with Gasteiger partial charge in [0.1, 0.15) is 17.5 Å². The third-order valence-corrected chi connectivity index (χ3v) is 4.27. The Morgan fingerprint density at radius 3 is 1.96 bits per heavy atom. The number of rotatable bonds is 5. The van der Waals surface area contributed by atoms with Crippen molar-refractivity contribution in [1.29, 1.82) is 0 Å². The van der Waals surface area contributed by atoms with Gasteiger partial charge >= 0.3 is 0 Å². The third-order valence-electron chi connectivity index (χ3n) is 4.27. The molecule has 1 heterocycles. The van der Waals surface area contributed by atoms with Gasteiger partial charge in [-0.25, -0.2) is 0 Å². The summed E-state index contributed by atoms with van der Waals surface area (Å²) in [5.74, 6) is 0. The Bertz CT molecular complexity index is 966. The van der Waals surface area contributed by atoms with Crippen molar-refractivity contribution in [3.8, 4) is 11.3 Å². The summed E-state index contributed by atoms with van der Waals surface area (Å²) in [6.07, 6.45) is -0.823. The second kappa shape index (κ2) is 7.33. The first-order valence-electron chi connectivity index (χ1n) is 8.58. The van der Waals surface area contributed by atoms with Crippen LogP contribution in [0, 0.1) is 0 Å². The van der Waals surface area contributed by atoms with E-state index in [1.807, 2.05) is 91.0 Å². The molecular formula is C22H19N3O. The van der Waals surface area contributed by atoms with Gasteiger partial charge in [0.15, 0.2) is 0 Å². The molecule has 0 amide bonds. The Labute approximate surface area is 152 Å². The van der Waals surface area contributed by atoms with E-state index in [4.69, 9.17) is 0 Å². The second-order valence-electron chi connectivity index (χ2n) is 6.13. The van der Waals surface area contributed by atoms with Crippen LogP contribution in [0.15, 0.2) is 91.0 Å². The Balaban J connectivity index is 1.76. The van der Waals surface area contributed by atoms with Crippen LogP contribution in [-0.2, 0) is 6.54 Å². The second-order valence-corrected chi connectivity index (χ2v) is 6.13. The van der Waals surface area contributed by atoms with Gasteiger partial charge in [-0.1, -0.05) is 91.0 Å². The standard InChI is InChI=1S/C22H19N3O/c26-22(19-14-8-3-9-15-19)21-20(18-12-6-2-7-13-18)23-25(24-21)16-17-10-4-1-5-11-17/h1-15,22,26H,16H2. The molecule has 0 aliphatic rings. The van der Waals surface area contributed by atoms with Crippen molar-refractivity contribution in [2.75, 3.05) is 0 Å². The smallest absolute Gasteiger partial charge is 0.125 e. The summed E-state index contributed by atoms with van der Waals surface area (Å²) in [4.78, 5) is 1.65.